The van der Waals surface area contributed by atoms with Crippen molar-refractivity contribution in [1.29, 1.82) is 0 Å². The van der Waals surface area contributed by atoms with Crippen molar-refractivity contribution in [3.63, 3.8) is 0 Å². The highest BCUT2D eigenvalue weighted by molar-refractivity contribution is 5.91. The first-order valence-corrected chi connectivity index (χ1v) is 5.05. The van der Waals surface area contributed by atoms with Gasteiger partial charge in [0.05, 0.1) is 18.9 Å². The molecular weight excluding hydrogens is 251 g/mol. The summed E-state index contributed by atoms with van der Waals surface area (Å²) in [7, 11) is 1.47. The van der Waals surface area contributed by atoms with Gasteiger partial charge in [0.25, 0.3) is 0 Å². The molecule has 0 aliphatic rings. The molecule has 0 fully saturated rings. The Balaban J connectivity index is 2.54. The van der Waals surface area contributed by atoms with Crippen LogP contribution in [0.3, 0.4) is 0 Å². The lowest BCUT2D eigenvalue weighted by Gasteiger charge is -2.07. The Bertz CT molecular complexity index is 426. The van der Waals surface area contributed by atoms with Crippen molar-refractivity contribution in [3.05, 3.63) is 29.6 Å². The number of carbonyl (C=O) groups is 1. The lowest BCUT2D eigenvalue weighted by molar-refractivity contribution is -0.121. The van der Waals surface area contributed by atoms with Crippen LogP contribution >= 0.6 is 0 Å². The first-order valence-electron chi connectivity index (χ1n) is 5.05. The smallest absolute Gasteiger partial charge is 0.250 e. The molecule has 0 bridgehead atoms. The molecule has 0 saturated heterocycles. The number of ether oxygens (including phenoxy) is 2. The van der Waals surface area contributed by atoms with E-state index in [2.05, 4.69) is 4.74 Å². The lowest BCUT2D eigenvalue weighted by Crippen LogP contribution is -2.20. The molecule has 0 unspecified atom stereocenters. The summed E-state index contributed by atoms with van der Waals surface area (Å²) in [6.07, 6.45) is 0. The molecule has 1 aromatic carbocycles. The van der Waals surface area contributed by atoms with E-state index in [1.165, 1.54) is 7.11 Å². The fourth-order valence-electron chi connectivity index (χ4n) is 1.14. The number of hydrogen-bond donors (Lipinski definition) is 1. The van der Waals surface area contributed by atoms with Gasteiger partial charge in [0.15, 0.2) is 11.6 Å². The third-order valence-corrected chi connectivity index (χ3v) is 1.93. The molecular formula is C11H12F3NO3. The Kier molecular flexibility index (Phi) is 5.60. The molecule has 18 heavy (non-hydrogen) atoms. The van der Waals surface area contributed by atoms with Gasteiger partial charge in [-0.25, -0.2) is 13.2 Å². The zero-order valence-corrected chi connectivity index (χ0v) is 9.63. The number of amides is 1. The van der Waals surface area contributed by atoms with Crippen LogP contribution in [0.5, 0.6) is 0 Å². The highest BCUT2D eigenvalue weighted by Gasteiger charge is 2.13. The fourth-order valence-corrected chi connectivity index (χ4v) is 1.14. The van der Waals surface area contributed by atoms with Crippen molar-refractivity contribution in [2.45, 2.75) is 0 Å². The summed E-state index contributed by atoms with van der Waals surface area (Å²) < 4.78 is 48.3. The summed E-state index contributed by atoms with van der Waals surface area (Å²) in [5.74, 6) is -4.38. The Morgan fingerprint density at radius 2 is 2.00 bits per heavy atom. The summed E-state index contributed by atoms with van der Waals surface area (Å²) in [6.45, 7) is 0.126. The highest BCUT2D eigenvalue weighted by atomic mass is 19.2. The lowest BCUT2D eigenvalue weighted by atomic mass is 10.3. The van der Waals surface area contributed by atoms with Crippen molar-refractivity contribution in [1.82, 2.24) is 0 Å². The van der Waals surface area contributed by atoms with Crippen LogP contribution in [-0.2, 0) is 14.3 Å². The molecule has 1 amide bonds. The molecule has 0 aliphatic carbocycles. The summed E-state index contributed by atoms with van der Waals surface area (Å²) in [5, 5.41) is 2.01. The number of rotatable bonds is 6. The average Bonchev–Trinajstić information content (AvgIpc) is 2.31. The van der Waals surface area contributed by atoms with Crippen LogP contribution in [0, 0.1) is 17.5 Å². The molecule has 0 aliphatic heterocycles. The quantitative estimate of drug-likeness (QED) is 0.627. The molecule has 100 valence electrons. The molecule has 0 radical (unpaired) electrons. The van der Waals surface area contributed by atoms with Crippen LogP contribution in [-0.4, -0.2) is 32.8 Å². The van der Waals surface area contributed by atoms with E-state index in [1.54, 1.807) is 0 Å². The van der Waals surface area contributed by atoms with Gasteiger partial charge in [0, 0.05) is 19.2 Å². The Morgan fingerprint density at radius 1 is 1.28 bits per heavy atom. The maximum Gasteiger partial charge on any atom is 0.250 e. The molecule has 0 atom stereocenters. The van der Waals surface area contributed by atoms with Gasteiger partial charge in [-0.05, 0) is 0 Å². The first kappa shape index (κ1) is 14.5. The molecule has 0 spiro atoms. The van der Waals surface area contributed by atoms with Gasteiger partial charge in [0.1, 0.15) is 12.4 Å². The number of anilines is 1. The zero-order valence-electron chi connectivity index (χ0n) is 9.63. The number of methoxy groups -OCH3 is 1. The first-order chi connectivity index (χ1) is 8.54. The summed E-state index contributed by atoms with van der Waals surface area (Å²) in [6, 6.07) is 1.07. The van der Waals surface area contributed by atoms with E-state index in [1.807, 2.05) is 5.32 Å². The van der Waals surface area contributed by atoms with Crippen LogP contribution in [0.2, 0.25) is 0 Å². The highest BCUT2D eigenvalue weighted by Crippen LogP contribution is 2.18. The monoisotopic (exact) mass is 263 g/mol. The number of benzene rings is 1. The maximum absolute atomic E-state index is 13.2. The number of halogens is 3. The summed E-state index contributed by atoms with van der Waals surface area (Å²) in [5.41, 5.74) is -0.562. The predicted molar refractivity (Wildman–Crippen MR) is 57.6 cm³/mol. The average molecular weight is 263 g/mol. The second-order valence-electron chi connectivity index (χ2n) is 3.34. The van der Waals surface area contributed by atoms with Gasteiger partial charge in [-0.2, -0.15) is 0 Å². The van der Waals surface area contributed by atoms with Gasteiger partial charge < -0.3 is 14.8 Å². The van der Waals surface area contributed by atoms with E-state index in [0.29, 0.717) is 18.7 Å². The van der Waals surface area contributed by atoms with E-state index >= 15 is 0 Å². The van der Waals surface area contributed by atoms with E-state index in [-0.39, 0.29) is 13.2 Å². The fraction of sp³-hybridized carbons (Fsp3) is 0.364. The Hall–Kier alpha value is -1.60. The van der Waals surface area contributed by atoms with Crippen LogP contribution in [0.15, 0.2) is 12.1 Å². The van der Waals surface area contributed by atoms with Crippen LogP contribution in [0.25, 0.3) is 0 Å². The van der Waals surface area contributed by atoms with E-state index in [0.717, 1.165) is 0 Å². The number of nitrogens with one attached hydrogen (secondary N) is 1. The topological polar surface area (TPSA) is 47.6 Å². The minimum absolute atomic E-state index is 0.184. The molecule has 0 heterocycles. The minimum Gasteiger partial charge on any atom is -0.382 e. The second-order valence-corrected chi connectivity index (χ2v) is 3.34. The number of carbonyl (C=O) groups excluding carboxylic acids is 1. The summed E-state index contributed by atoms with van der Waals surface area (Å²) >= 11 is 0. The van der Waals surface area contributed by atoms with Gasteiger partial charge in [-0.15, -0.1) is 0 Å². The molecule has 1 aromatic rings. The van der Waals surface area contributed by atoms with Gasteiger partial charge in [0.2, 0.25) is 5.91 Å². The van der Waals surface area contributed by atoms with Crippen LogP contribution < -0.4 is 5.32 Å². The molecule has 1 rings (SSSR count). The second kappa shape index (κ2) is 6.97. The third-order valence-electron chi connectivity index (χ3n) is 1.93. The van der Waals surface area contributed by atoms with E-state index in [9.17, 15) is 18.0 Å². The van der Waals surface area contributed by atoms with E-state index < -0.39 is 29.0 Å². The Morgan fingerprint density at radius 3 is 2.67 bits per heavy atom. The standard InChI is InChI=1S/C11H12F3NO3/c1-17-2-3-18-6-10(16)15-9-5-7(12)4-8(13)11(9)14/h4-5H,2-3,6H2,1H3,(H,15,16). The number of hydrogen-bond acceptors (Lipinski definition) is 3. The van der Waals surface area contributed by atoms with Gasteiger partial charge >= 0.3 is 0 Å². The summed E-state index contributed by atoms with van der Waals surface area (Å²) in [4.78, 5) is 11.3. The SMILES string of the molecule is COCCOCC(=O)Nc1cc(F)cc(F)c1F. The largest absolute Gasteiger partial charge is 0.382 e. The zero-order chi connectivity index (χ0) is 13.5. The molecule has 4 nitrogen and oxygen atoms in total. The van der Waals surface area contributed by atoms with Crippen molar-refractivity contribution in [2.24, 2.45) is 0 Å². The molecule has 0 aromatic heterocycles. The predicted octanol–water partition coefficient (Wildman–Crippen LogP) is 1.71. The normalized spacial score (nSPS) is 10.4. The van der Waals surface area contributed by atoms with Crippen LogP contribution in [0.4, 0.5) is 18.9 Å². The van der Waals surface area contributed by atoms with Crippen molar-refractivity contribution in [3.8, 4) is 0 Å². The molecule has 1 N–H and O–H groups in total. The van der Waals surface area contributed by atoms with Gasteiger partial charge in [-0.1, -0.05) is 0 Å². The Labute approximate surface area is 102 Å². The van der Waals surface area contributed by atoms with Gasteiger partial charge in [-0.3, -0.25) is 4.79 Å². The maximum atomic E-state index is 13.2. The van der Waals surface area contributed by atoms with Crippen LogP contribution in [0.1, 0.15) is 0 Å². The van der Waals surface area contributed by atoms with E-state index in [4.69, 9.17) is 4.74 Å². The molecule has 0 saturated carbocycles. The third kappa shape index (κ3) is 4.34. The molecule has 7 heteroatoms. The van der Waals surface area contributed by atoms with Crippen molar-refractivity contribution >= 4 is 11.6 Å². The van der Waals surface area contributed by atoms with Crippen molar-refractivity contribution in [2.75, 3.05) is 32.2 Å². The minimum atomic E-state index is -1.37. The van der Waals surface area contributed by atoms with Crippen molar-refractivity contribution < 1.29 is 27.4 Å².